The van der Waals surface area contributed by atoms with Crippen molar-refractivity contribution in [2.24, 2.45) is 20.5 Å². The Morgan fingerprint density at radius 3 is 1.11 bits per heavy atom. The number of hydrogen-bond acceptors (Lipinski definition) is 7. The molecule has 0 N–H and O–H groups in total. The lowest BCUT2D eigenvalue weighted by molar-refractivity contribution is -0.166. The summed E-state index contributed by atoms with van der Waals surface area (Å²) in [4.78, 5) is 0. The predicted octanol–water partition coefficient (Wildman–Crippen LogP) is 5.80. The van der Waals surface area contributed by atoms with E-state index in [-0.39, 0.29) is 50.8 Å². The fourth-order valence-electron chi connectivity index (χ4n) is 3.27. The van der Waals surface area contributed by atoms with E-state index in [0.717, 1.165) is 0 Å². The highest BCUT2D eigenvalue weighted by Gasteiger charge is 2.65. The third kappa shape index (κ3) is 5.52. The van der Waals surface area contributed by atoms with Crippen molar-refractivity contribution in [3.8, 4) is 0 Å². The van der Waals surface area contributed by atoms with E-state index in [0.29, 0.717) is 11.1 Å². The number of benzene rings is 2. The van der Waals surface area contributed by atoms with Crippen LogP contribution in [-0.4, -0.2) is 38.8 Å². The highest BCUT2D eigenvalue weighted by Crippen LogP contribution is 2.53. The van der Waals surface area contributed by atoms with Crippen molar-refractivity contribution in [3.63, 3.8) is 0 Å². The molecule has 13 heteroatoms. The molecule has 2 aliphatic heterocycles. The van der Waals surface area contributed by atoms with Gasteiger partial charge in [0.15, 0.2) is 0 Å². The van der Waals surface area contributed by atoms with Crippen LogP contribution in [0.1, 0.15) is 22.3 Å². The number of halogens is 6. The van der Waals surface area contributed by atoms with Gasteiger partial charge in [0.25, 0.3) is 0 Å². The van der Waals surface area contributed by atoms with Gasteiger partial charge in [0.05, 0.1) is 39.6 Å². The maximum Gasteiger partial charge on any atom is 0.442 e. The zero-order valence-corrected chi connectivity index (χ0v) is 18.1. The van der Waals surface area contributed by atoms with E-state index in [1.807, 2.05) is 0 Å². The Kier molecular flexibility index (Phi) is 6.93. The van der Waals surface area contributed by atoms with Crippen LogP contribution < -0.4 is 0 Å². The minimum atomic E-state index is -4.56. The molecule has 0 bridgehead atoms. The van der Waals surface area contributed by atoms with E-state index in [2.05, 4.69) is 20.5 Å². The van der Waals surface area contributed by atoms with Gasteiger partial charge in [-0.15, -0.1) is 20.5 Å². The van der Waals surface area contributed by atoms with Crippen molar-refractivity contribution >= 4 is 0 Å². The number of nitrogens with zero attached hydrogens (tertiary/aromatic N) is 4. The minimum Gasteiger partial charge on any atom is -0.377 e. The summed E-state index contributed by atoms with van der Waals surface area (Å²) in [5, 5.41) is 12.6. The largest absolute Gasteiger partial charge is 0.442 e. The molecule has 0 spiro atoms. The van der Waals surface area contributed by atoms with Gasteiger partial charge in [0.1, 0.15) is 0 Å². The number of rotatable bonds is 12. The van der Waals surface area contributed by atoms with Crippen molar-refractivity contribution in [2.45, 2.75) is 36.9 Å². The second-order valence-electron chi connectivity index (χ2n) is 7.85. The lowest BCUT2D eigenvalue weighted by atomic mass is 10.0. The van der Waals surface area contributed by atoms with Crippen LogP contribution in [0, 0.1) is 0 Å². The molecule has 2 heterocycles. The molecule has 0 fully saturated rings. The van der Waals surface area contributed by atoms with E-state index < -0.39 is 23.7 Å². The van der Waals surface area contributed by atoms with Gasteiger partial charge >= 0.3 is 23.7 Å². The first-order valence-electron chi connectivity index (χ1n) is 10.5. The molecule has 7 nitrogen and oxygen atoms in total. The third-order valence-electron chi connectivity index (χ3n) is 5.38. The molecule has 4 rings (SSSR count). The molecule has 0 aromatic heterocycles. The average Bonchev–Trinajstić information content (AvgIpc) is 3.71. The van der Waals surface area contributed by atoms with Crippen LogP contribution in [0.15, 0.2) is 69.0 Å². The van der Waals surface area contributed by atoms with E-state index in [1.165, 1.54) is 48.5 Å². The fraction of sp³-hybridized carbons (Fsp3) is 0.455. The predicted molar refractivity (Wildman–Crippen MR) is 108 cm³/mol. The van der Waals surface area contributed by atoms with Gasteiger partial charge < -0.3 is 14.2 Å². The first-order chi connectivity index (χ1) is 16.6. The Balaban J connectivity index is 1.06. The molecular weight excluding hydrogens is 482 g/mol. The summed E-state index contributed by atoms with van der Waals surface area (Å²) in [5.41, 5.74) is -3.52. The smallest absolute Gasteiger partial charge is 0.377 e. The highest BCUT2D eigenvalue weighted by atomic mass is 19.4. The van der Waals surface area contributed by atoms with Crippen LogP contribution >= 0.6 is 0 Å². The van der Waals surface area contributed by atoms with Gasteiger partial charge in [-0.1, -0.05) is 48.5 Å². The fourth-order valence-corrected chi connectivity index (χ4v) is 3.27. The van der Waals surface area contributed by atoms with E-state index in [9.17, 15) is 26.3 Å². The van der Waals surface area contributed by atoms with Crippen LogP contribution in [0.4, 0.5) is 26.3 Å². The van der Waals surface area contributed by atoms with Crippen molar-refractivity contribution in [1.29, 1.82) is 0 Å². The highest BCUT2D eigenvalue weighted by molar-refractivity contribution is 5.33. The molecule has 0 atom stereocenters. The number of hydrogen-bond donors (Lipinski definition) is 0. The summed E-state index contributed by atoms with van der Waals surface area (Å²) in [6.45, 7) is 1.54. The summed E-state index contributed by atoms with van der Waals surface area (Å²) in [6, 6.07) is 11.5. The van der Waals surface area contributed by atoms with Crippen LogP contribution in [0.25, 0.3) is 0 Å². The van der Waals surface area contributed by atoms with Crippen LogP contribution in [-0.2, 0) is 38.8 Å². The van der Waals surface area contributed by atoms with E-state index in [4.69, 9.17) is 14.2 Å². The second kappa shape index (κ2) is 9.63. The van der Waals surface area contributed by atoms with Gasteiger partial charge in [-0.05, 0) is 11.1 Å². The quantitative estimate of drug-likeness (QED) is 0.272. The molecule has 35 heavy (non-hydrogen) atoms. The zero-order chi connectivity index (χ0) is 25.2. The average molecular weight is 502 g/mol. The van der Waals surface area contributed by atoms with Gasteiger partial charge in [0.2, 0.25) is 0 Å². The lowest BCUT2D eigenvalue weighted by Crippen LogP contribution is -2.30. The Bertz CT molecular complexity index is 971. The van der Waals surface area contributed by atoms with E-state index in [1.54, 1.807) is 0 Å². The van der Waals surface area contributed by atoms with Crippen molar-refractivity contribution in [2.75, 3.05) is 26.4 Å². The summed E-state index contributed by atoms with van der Waals surface area (Å²) >= 11 is 0. The molecular formula is C22H20F6N4O3. The Morgan fingerprint density at radius 1 is 0.514 bits per heavy atom. The number of ether oxygens (including phenoxy) is 3. The Morgan fingerprint density at radius 2 is 0.829 bits per heavy atom. The number of alkyl halides is 6. The van der Waals surface area contributed by atoms with Crippen LogP contribution in [0.2, 0.25) is 0 Å². The standard InChI is InChI=1S/C22H20F6N4O3/c23-21(24,25)19(29-30-19)17-5-1-15(2-6-17)13-34-11-9-33-10-12-35-14-16-3-7-18(8-4-16)20(31-32-20)22(26,27)28/h1-8H,9-14H2. The zero-order valence-electron chi connectivity index (χ0n) is 18.1. The summed E-state index contributed by atoms with van der Waals surface area (Å²) in [7, 11) is 0. The van der Waals surface area contributed by atoms with Crippen molar-refractivity contribution in [1.82, 2.24) is 0 Å². The van der Waals surface area contributed by atoms with Crippen LogP contribution in [0.3, 0.4) is 0 Å². The molecule has 0 unspecified atom stereocenters. The van der Waals surface area contributed by atoms with Crippen molar-refractivity contribution < 1.29 is 40.6 Å². The topological polar surface area (TPSA) is 77.1 Å². The Labute approximate surface area is 195 Å². The molecule has 2 aliphatic rings. The molecule has 0 aliphatic carbocycles. The first-order valence-corrected chi connectivity index (χ1v) is 10.5. The molecule has 2 aromatic carbocycles. The normalized spacial score (nSPS) is 17.5. The van der Waals surface area contributed by atoms with Gasteiger partial charge in [-0.2, -0.15) is 26.3 Å². The SMILES string of the molecule is FC(F)(F)C1(c2ccc(COCCOCCOCc3ccc(C4(C(F)(F)F)N=N4)cc3)cc2)N=N1. The third-order valence-corrected chi connectivity index (χ3v) is 5.38. The molecule has 2 aromatic rings. The van der Waals surface area contributed by atoms with Gasteiger partial charge in [0, 0.05) is 11.1 Å². The monoisotopic (exact) mass is 502 g/mol. The maximum atomic E-state index is 13.0. The minimum absolute atomic E-state index is 0.0350. The van der Waals surface area contributed by atoms with Crippen molar-refractivity contribution in [3.05, 3.63) is 70.8 Å². The molecule has 0 saturated carbocycles. The second-order valence-corrected chi connectivity index (χ2v) is 7.85. The maximum absolute atomic E-state index is 13.0. The van der Waals surface area contributed by atoms with Crippen LogP contribution in [0.5, 0.6) is 0 Å². The van der Waals surface area contributed by atoms with Gasteiger partial charge in [-0.3, -0.25) is 0 Å². The molecule has 188 valence electrons. The molecule has 0 radical (unpaired) electrons. The summed E-state index contributed by atoms with van der Waals surface area (Å²) in [5.74, 6) is 0. The van der Waals surface area contributed by atoms with Gasteiger partial charge in [-0.25, -0.2) is 0 Å². The summed E-state index contributed by atoms with van der Waals surface area (Å²) in [6.07, 6.45) is -9.11. The lowest BCUT2D eigenvalue weighted by Gasteiger charge is -2.15. The molecule has 0 saturated heterocycles. The van der Waals surface area contributed by atoms with E-state index >= 15 is 0 Å². The first kappa shape index (κ1) is 25.2. The summed E-state index contributed by atoms with van der Waals surface area (Å²) < 4.78 is 94.2. The molecule has 0 amide bonds. The Hall–Kier alpha value is -2.90.